The molecule has 0 unspecified atom stereocenters. The van der Waals surface area contributed by atoms with E-state index in [2.05, 4.69) is 29.4 Å². The van der Waals surface area contributed by atoms with Crippen molar-refractivity contribution in [1.82, 2.24) is 25.3 Å². The average molecular weight is 711 g/mol. The fourth-order valence-corrected chi connectivity index (χ4v) is 6.50. The minimum absolute atomic E-state index is 0.112. The number of rotatable bonds is 16. The number of unbranched alkanes of at least 4 members (excludes halogenated alkanes) is 3. The van der Waals surface area contributed by atoms with Crippen molar-refractivity contribution < 1.29 is 28.7 Å². The highest BCUT2D eigenvalue weighted by Crippen LogP contribution is 2.32. The zero-order valence-corrected chi connectivity index (χ0v) is 30.5. The number of aromatic nitrogens is 2. The summed E-state index contributed by atoms with van der Waals surface area (Å²) >= 11 is 0. The Kier molecular flexibility index (Phi) is 13.2. The van der Waals surface area contributed by atoms with Crippen molar-refractivity contribution in [2.75, 3.05) is 39.9 Å². The molecule has 4 aromatic rings. The molecular weight excluding hydrogens is 660 g/mol. The van der Waals surface area contributed by atoms with Gasteiger partial charge < -0.3 is 15.2 Å². The Morgan fingerprint density at radius 2 is 1.71 bits per heavy atom. The number of H-pyrrole nitrogens is 1. The number of fused-ring (bicyclic) bond motifs is 2. The van der Waals surface area contributed by atoms with Crippen LogP contribution >= 0.6 is 0 Å². The predicted octanol–water partition coefficient (Wildman–Crippen LogP) is 4.97. The van der Waals surface area contributed by atoms with E-state index in [1.807, 2.05) is 59.5 Å². The second-order valence-electron chi connectivity index (χ2n) is 13.9. The Hall–Kier alpha value is -5.07. The van der Waals surface area contributed by atoms with E-state index >= 15 is 0 Å². The number of nitrogens with two attached hydrogens (primary N) is 1. The second-order valence-corrected chi connectivity index (χ2v) is 13.9. The first-order chi connectivity index (χ1) is 25.0. The number of amides is 4. The maximum absolute atomic E-state index is 14.1. The maximum Gasteiger partial charge on any atom is 0.260 e. The van der Waals surface area contributed by atoms with Crippen LogP contribution in [0, 0.1) is 11.8 Å². The van der Waals surface area contributed by atoms with Gasteiger partial charge in [0.2, 0.25) is 17.7 Å². The molecule has 1 aliphatic heterocycles. The highest BCUT2D eigenvalue weighted by molar-refractivity contribution is 6.06. The van der Waals surface area contributed by atoms with Crippen LogP contribution in [0.4, 0.5) is 0 Å². The molecule has 0 bridgehead atoms. The van der Waals surface area contributed by atoms with Gasteiger partial charge in [-0.3, -0.25) is 39.4 Å². The van der Waals surface area contributed by atoms with Crippen LogP contribution in [0.5, 0.6) is 11.5 Å². The molecule has 4 N–H and O–H groups in total. The van der Waals surface area contributed by atoms with Gasteiger partial charge in [-0.2, -0.15) is 5.10 Å². The molecule has 12 heteroatoms. The second kappa shape index (κ2) is 17.9. The van der Waals surface area contributed by atoms with E-state index in [9.17, 15) is 19.2 Å². The van der Waals surface area contributed by atoms with Crippen molar-refractivity contribution in [1.29, 1.82) is 0 Å². The monoisotopic (exact) mass is 710 g/mol. The Balaban J connectivity index is 1.24. The molecule has 52 heavy (non-hydrogen) atoms. The van der Waals surface area contributed by atoms with Gasteiger partial charge >= 0.3 is 0 Å². The van der Waals surface area contributed by atoms with Gasteiger partial charge in [0.25, 0.3) is 5.91 Å². The molecule has 1 aromatic heterocycles. The summed E-state index contributed by atoms with van der Waals surface area (Å²) < 4.78 is 11.4. The summed E-state index contributed by atoms with van der Waals surface area (Å²) in [6.45, 7) is 7.66. The molecule has 0 saturated carbocycles. The molecule has 2 heterocycles. The number of carbonyl (C=O) groups excluding carboxylic acids is 4. The molecular formula is C40H50N6O6. The largest absolute Gasteiger partial charge is 0.497 e. The molecule has 0 fully saturated rings. The standard InChI is InChI=1S/C40H50N6O6/c1-26(2)23-45(24-36(47)42-38(48)27(3)41)19-9-5-6-10-20-46(40(50)31-21-30-22-32(51-4)17-18-35(30)52-25-31)39(49)29-15-13-28(14-16-29)37-33-11-7-8-12-34(33)43-44-37/h7-8,11-18,22,26-27,31H,5-6,9-10,19-21,23-25,41H2,1-4H3,(H,43,44)(H,42,47,48)/t27-,31-/m0/s1. The van der Waals surface area contributed by atoms with E-state index in [0.29, 0.717) is 48.9 Å². The number of aromatic amines is 1. The SMILES string of the molecule is COc1ccc2c(c1)C[C@H](C(=O)N(CCCCCCN(CC(=O)NC(=O)[C@H](C)N)CC(C)C)C(=O)c1ccc(-c3n[nH]c4ccccc34)cc1)CO2. The third-order valence-electron chi connectivity index (χ3n) is 9.18. The van der Waals surface area contributed by atoms with Gasteiger partial charge in [-0.25, -0.2) is 0 Å². The average Bonchev–Trinajstić information content (AvgIpc) is 3.57. The highest BCUT2D eigenvalue weighted by atomic mass is 16.5. The molecule has 0 saturated heterocycles. The van der Waals surface area contributed by atoms with Gasteiger partial charge in [-0.05, 0) is 80.6 Å². The number of imide groups is 2. The minimum Gasteiger partial charge on any atom is -0.497 e. The van der Waals surface area contributed by atoms with Crippen molar-refractivity contribution in [2.45, 2.75) is 58.9 Å². The summed E-state index contributed by atoms with van der Waals surface area (Å²) in [5.41, 5.74) is 9.46. The van der Waals surface area contributed by atoms with Gasteiger partial charge in [0.05, 0.1) is 36.8 Å². The Bertz CT molecular complexity index is 1850. The molecule has 12 nitrogen and oxygen atoms in total. The number of methoxy groups -OCH3 is 1. The molecule has 0 radical (unpaired) electrons. The summed E-state index contributed by atoms with van der Waals surface area (Å²) in [6, 6.07) is 19.9. The van der Waals surface area contributed by atoms with E-state index in [1.165, 1.54) is 11.8 Å². The normalized spacial score (nSPS) is 14.5. The first kappa shape index (κ1) is 38.2. The van der Waals surface area contributed by atoms with Crippen LogP contribution in [0.1, 0.15) is 62.4 Å². The van der Waals surface area contributed by atoms with Gasteiger partial charge in [-0.15, -0.1) is 0 Å². The lowest BCUT2D eigenvalue weighted by atomic mass is 9.94. The quantitative estimate of drug-likeness (QED) is 0.108. The van der Waals surface area contributed by atoms with E-state index in [0.717, 1.165) is 47.0 Å². The number of para-hydroxylation sites is 1. The molecule has 4 amide bonds. The van der Waals surface area contributed by atoms with Crippen molar-refractivity contribution in [3.05, 3.63) is 77.9 Å². The van der Waals surface area contributed by atoms with Gasteiger partial charge in [0, 0.05) is 29.6 Å². The molecule has 276 valence electrons. The Morgan fingerprint density at radius 1 is 0.981 bits per heavy atom. The lowest BCUT2D eigenvalue weighted by Gasteiger charge is -2.30. The minimum atomic E-state index is -0.757. The van der Waals surface area contributed by atoms with Crippen LogP contribution in [0.25, 0.3) is 22.2 Å². The number of hydrogen-bond donors (Lipinski definition) is 3. The number of carbonyl (C=O) groups is 4. The predicted molar refractivity (Wildman–Crippen MR) is 200 cm³/mol. The number of ether oxygens (including phenoxy) is 2. The Morgan fingerprint density at radius 3 is 2.42 bits per heavy atom. The third kappa shape index (κ3) is 9.83. The zero-order chi connectivity index (χ0) is 37.2. The van der Waals surface area contributed by atoms with E-state index in [-0.39, 0.29) is 37.4 Å². The summed E-state index contributed by atoms with van der Waals surface area (Å²) in [6.07, 6.45) is 3.52. The summed E-state index contributed by atoms with van der Waals surface area (Å²) in [5, 5.41) is 10.9. The first-order valence-electron chi connectivity index (χ1n) is 18.0. The molecule has 3 aromatic carbocycles. The lowest BCUT2D eigenvalue weighted by Crippen LogP contribution is -2.46. The number of nitrogens with one attached hydrogen (secondary N) is 2. The van der Waals surface area contributed by atoms with Crippen LogP contribution in [0.2, 0.25) is 0 Å². The Labute approximate surface area is 305 Å². The van der Waals surface area contributed by atoms with Crippen LogP contribution in [0.3, 0.4) is 0 Å². The van der Waals surface area contributed by atoms with Crippen LogP contribution < -0.4 is 20.5 Å². The maximum atomic E-state index is 14.1. The van der Waals surface area contributed by atoms with Gasteiger partial charge in [0.1, 0.15) is 18.1 Å². The number of hydrogen-bond acceptors (Lipinski definition) is 9. The molecule has 5 rings (SSSR count). The fraction of sp³-hybridized carbons (Fsp3) is 0.425. The fourth-order valence-electron chi connectivity index (χ4n) is 6.50. The summed E-state index contributed by atoms with van der Waals surface area (Å²) in [5.74, 6) is -0.266. The van der Waals surface area contributed by atoms with E-state index in [1.54, 1.807) is 19.2 Å². The van der Waals surface area contributed by atoms with Crippen LogP contribution in [-0.2, 0) is 20.8 Å². The van der Waals surface area contributed by atoms with E-state index < -0.39 is 17.9 Å². The zero-order valence-electron chi connectivity index (χ0n) is 30.5. The van der Waals surface area contributed by atoms with Gasteiger partial charge in [-0.1, -0.05) is 57.0 Å². The van der Waals surface area contributed by atoms with Crippen molar-refractivity contribution in [2.24, 2.45) is 17.6 Å². The van der Waals surface area contributed by atoms with Crippen molar-refractivity contribution in [3.63, 3.8) is 0 Å². The third-order valence-corrected chi connectivity index (χ3v) is 9.18. The smallest absolute Gasteiger partial charge is 0.260 e. The van der Waals surface area contributed by atoms with E-state index in [4.69, 9.17) is 15.2 Å². The lowest BCUT2D eigenvalue weighted by molar-refractivity contribution is -0.134. The highest BCUT2D eigenvalue weighted by Gasteiger charge is 2.33. The summed E-state index contributed by atoms with van der Waals surface area (Å²) in [7, 11) is 1.60. The van der Waals surface area contributed by atoms with Crippen LogP contribution in [-0.4, -0.2) is 89.6 Å². The first-order valence-corrected chi connectivity index (χ1v) is 18.0. The van der Waals surface area contributed by atoms with Gasteiger partial charge in [0.15, 0.2) is 0 Å². The number of nitrogens with zero attached hydrogens (tertiary/aromatic N) is 3. The number of benzene rings is 3. The topological polar surface area (TPSA) is 160 Å². The van der Waals surface area contributed by atoms with Crippen LogP contribution in [0.15, 0.2) is 66.7 Å². The molecule has 1 aliphatic rings. The van der Waals surface area contributed by atoms with Crippen molar-refractivity contribution in [3.8, 4) is 22.8 Å². The molecule has 2 atom stereocenters. The van der Waals surface area contributed by atoms with Crippen molar-refractivity contribution >= 4 is 34.5 Å². The molecule has 0 aliphatic carbocycles. The summed E-state index contributed by atoms with van der Waals surface area (Å²) in [4.78, 5) is 55.9. The molecule has 0 spiro atoms.